The molecule has 0 saturated carbocycles. The predicted octanol–water partition coefficient (Wildman–Crippen LogP) is 7.37. The molecule has 0 aliphatic carbocycles. The second-order valence-corrected chi connectivity index (χ2v) is 5.68. The van der Waals surface area contributed by atoms with Gasteiger partial charge < -0.3 is 9.72 Å². The van der Waals surface area contributed by atoms with E-state index in [1.54, 1.807) is 30.5 Å². The Bertz CT molecular complexity index is 1020. The fourth-order valence-corrected chi connectivity index (χ4v) is 2.56. The van der Waals surface area contributed by atoms with Gasteiger partial charge in [-0.25, -0.2) is 9.97 Å². The molecule has 0 bridgehead atoms. The van der Waals surface area contributed by atoms with Crippen molar-refractivity contribution in [2.75, 3.05) is 0 Å². The Balaban J connectivity index is 0.000000739. The number of nitrogens with zero attached hydrogens (tertiary/aromatic N) is 2. The number of carbonyl (C=O) groups is 1. The monoisotopic (exact) mass is 419 g/mol. The lowest BCUT2D eigenvalue weighted by Gasteiger charge is -2.07. The van der Waals surface area contributed by atoms with Crippen LogP contribution in [0.2, 0.25) is 0 Å². The van der Waals surface area contributed by atoms with Gasteiger partial charge in [0.1, 0.15) is 5.75 Å². The number of aromatic amines is 1. The molecule has 164 valence electrons. The molecular formula is C26H33N3O2. The molecule has 0 saturated heterocycles. The van der Waals surface area contributed by atoms with Crippen LogP contribution in [0.25, 0.3) is 11.0 Å². The number of nitrogens with one attached hydrogen (secondary N) is 1. The normalized spacial score (nSPS) is 9.26. The average Bonchev–Trinajstić information content (AvgIpc) is 3.29. The van der Waals surface area contributed by atoms with Crippen molar-refractivity contribution < 1.29 is 9.53 Å². The minimum absolute atomic E-state index is 0.156. The molecule has 0 atom stereocenters. The van der Waals surface area contributed by atoms with E-state index in [0.29, 0.717) is 23.0 Å². The van der Waals surface area contributed by atoms with E-state index in [9.17, 15) is 4.79 Å². The van der Waals surface area contributed by atoms with Crippen LogP contribution in [-0.2, 0) is 0 Å². The molecule has 2 aromatic carbocycles. The van der Waals surface area contributed by atoms with Gasteiger partial charge in [0.25, 0.3) is 0 Å². The lowest BCUT2D eigenvalue weighted by Crippen LogP contribution is -2.03. The first-order valence-corrected chi connectivity index (χ1v) is 10.9. The van der Waals surface area contributed by atoms with E-state index in [2.05, 4.69) is 15.0 Å². The fourth-order valence-electron chi connectivity index (χ4n) is 2.56. The van der Waals surface area contributed by atoms with Crippen molar-refractivity contribution in [3.05, 3.63) is 83.8 Å². The number of rotatable bonds is 4. The molecule has 2 heterocycles. The lowest BCUT2D eigenvalue weighted by atomic mass is 10.1. The highest BCUT2D eigenvalue weighted by Crippen LogP contribution is 2.23. The molecule has 0 amide bonds. The van der Waals surface area contributed by atoms with E-state index in [1.165, 1.54) is 0 Å². The third-order valence-electron chi connectivity index (χ3n) is 3.90. The van der Waals surface area contributed by atoms with E-state index in [-0.39, 0.29) is 5.78 Å². The minimum Gasteiger partial charge on any atom is -0.439 e. The second-order valence-electron chi connectivity index (χ2n) is 5.68. The molecule has 0 spiro atoms. The van der Waals surface area contributed by atoms with Crippen LogP contribution in [0, 0.1) is 6.92 Å². The molecule has 5 nitrogen and oxygen atoms in total. The number of aryl methyl sites for hydroxylation is 1. The number of carbonyl (C=O) groups excluding carboxylic acids is 1. The van der Waals surface area contributed by atoms with Crippen molar-refractivity contribution in [1.29, 1.82) is 0 Å². The molecule has 4 rings (SSSR count). The smallest absolute Gasteiger partial charge is 0.228 e. The van der Waals surface area contributed by atoms with Crippen LogP contribution in [0.1, 0.15) is 63.3 Å². The van der Waals surface area contributed by atoms with Gasteiger partial charge in [-0.05, 0) is 49.4 Å². The van der Waals surface area contributed by atoms with Crippen LogP contribution in [0.5, 0.6) is 11.6 Å². The third-order valence-corrected chi connectivity index (χ3v) is 3.90. The summed E-state index contributed by atoms with van der Waals surface area (Å²) in [5.41, 5.74) is 3.11. The first-order valence-electron chi connectivity index (χ1n) is 10.9. The Hall–Kier alpha value is -3.47. The number of ketones is 1. The average molecular weight is 420 g/mol. The molecule has 4 aromatic rings. The van der Waals surface area contributed by atoms with Gasteiger partial charge in [-0.2, -0.15) is 0 Å². The van der Waals surface area contributed by atoms with Crippen molar-refractivity contribution in [2.24, 2.45) is 0 Å². The Labute approximate surface area is 185 Å². The predicted molar refractivity (Wildman–Crippen MR) is 129 cm³/mol. The highest BCUT2D eigenvalue weighted by molar-refractivity contribution is 6.08. The van der Waals surface area contributed by atoms with Gasteiger partial charge >= 0.3 is 0 Å². The fraction of sp³-hybridized carbons (Fsp3) is 0.269. The summed E-state index contributed by atoms with van der Waals surface area (Å²) < 4.78 is 5.75. The molecule has 0 unspecified atom stereocenters. The maximum atomic E-state index is 12.6. The summed E-state index contributed by atoms with van der Waals surface area (Å²) in [5, 5.41) is 0. The number of para-hydroxylation sites is 2. The van der Waals surface area contributed by atoms with Crippen molar-refractivity contribution in [1.82, 2.24) is 15.0 Å². The zero-order valence-corrected chi connectivity index (χ0v) is 19.6. The summed E-state index contributed by atoms with van der Waals surface area (Å²) in [6.07, 6.45) is 1.68. The van der Waals surface area contributed by atoms with Crippen molar-refractivity contribution >= 4 is 16.8 Å². The zero-order chi connectivity index (χ0) is 23.2. The third kappa shape index (κ3) is 6.78. The number of aromatic nitrogens is 3. The standard InChI is InChI=1S/C20H15N3O2.3C2H6/c1-13-5-4-12-21-20(13)25-15-10-8-14(9-11-15)18(24)19-22-16-6-2-3-7-17(16)23-19;3*1-2/h2-12H,1H3,(H,22,23);3*1-2H3. The van der Waals surface area contributed by atoms with E-state index in [4.69, 9.17) is 4.74 Å². The number of ether oxygens (including phenoxy) is 1. The number of benzene rings is 2. The van der Waals surface area contributed by atoms with E-state index >= 15 is 0 Å². The van der Waals surface area contributed by atoms with Crippen LogP contribution >= 0.6 is 0 Å². The van der Waals surface area contributed by atoms with Crippen LogP contribution in [0.15, 0.2) is 66.9 Å². The van der Waals surface area contributed by atoms with Gasteiger partial charge in [-0.15, -0.1) is 0 Å². The summed E-state index contributed by atoms with van der Waals surface area (Å²) in [4.78, 5) is 24.2. The van der Waals surface area contributed by atoms with Gasteiger partial charge in [-0.1, -0.05) is 59.7 Å². The minimum atomic E-state index is -0.156. The summed E-state index contributed by atoms with van der Waals surface area (Å²) in [7, 11) is 0. The van der Waals surface area contributed by atoms with Crippen LogP contribution in [0.3, 0.4) is 0 Å². The SMILES string of the molecule is CC.CC.CC.Cc1cccnc1Oc1ccc(C(=O)c2nc3ccccc3[nH]2)cc1. The van der Waals surface area contributed by atoms with Crippen LogP contribution in [0.4, 0.5) is 0 Å². The summed E-state index contributed by atoms with van der Waals surface area (Å²) in [6, 6.07) is 18.3. The largest absolute Gasteiger partial charge is 0.439 e. The lowest BCUT2D eigenvalue weighted by molar-refractivity contribution is 0.103. The Morgan fingerprint density at radius 3 is 2.10 bits per heavy atom. The van der Waals surface area contributed by atoms with Gasteiger partial charge in [0, 0.05) is 17.3 Å². The van der Waals surface area contributed by atoms with E-state index < -0.39 is 0 Å². The van der Waals surface area contributed by atoms with Gasteiger partial charge in [0.2, 0.25) is 11.7 Å². The molecule has 5 heteroatoms. The van der Waals surface area contributed by atoms with Gasteiger partial charge in [0.05, 0.1) is 11.0 Å². The van der Waals surface area contributed by atoms with Crippen LogP contribution < -0.4 is 4.74 Å². The molecule has 1 N–H and O–H groups in total. The Morgan fingerprint density at radius 1 is 0.839 bits per heavy atom. The number of imidazole rings is 1. The van der Waals surface area contributed by atoms with Crippen molar-refractivity contribution in [2.45, 2.75) is 48.5 Å². The van der Waals surface area contributed by atoms with Crippen LogP contribution in [-0.4, -0.2) is 20.7 Å². The highest BCUT2D eigenvalue weighted by Gasteiger charge is 2.14. The summed E-state index contributed by atoms with van der Waals surface area (Å²) >= 11 is 0. The van der Waals surface area contributed by atoms with Crippen molar-refractivity contribution in [3.63, 3.8) is 0 Å². The number of pyridine rings is 1. The second kappa shape index (κ2) is 13.7. The van der Waals surface area contributed by atoms with E-state index in [0.717, 1.165) is 16.6 Å². The first-order chi connectivity index (χ1) is 15.2. The van der Waals surface area contributed by atoms with Gasteiger partial charge in [0.15, 0.2) is 5.82 Å². The zero-order valence-electron chi connectivity index (χ0n) is 19.6. The quantitative estimate of drug-likeness (QED) is 0.351. The highest BCUT2D eigenvalue weighted by atomic mass is 16.5. The topological polar surface area (TPSA) is 67.9 Å². The molecule has 31 heavy (non-hydrogen) atoms. The first kappa shape index (κ1) is 25.6. The van der Waals surface area contributed by atoms with Gasteiger partial charge in [-0.3, -0.25) is 4.79 Å². The van der Waals surface area contributed by atoms with Crippen molar-refractivity contribution in [3.8, 4) is 11.6 Å². The number of H-pyrrole nitrogens is 1. The number of fused-ring (bicyclic) bond motifs is 1. The Morgan fingerprint density at radius 2 is 1.48 bits per heavy atom. The molecular weight excluding hydrogens is 386 g/mol. The molecule has 0 aliphatic rings. The Kier molecular flexibility index (Phi) is 11.3. The molecule has 0 fully saturated rings. The molecule has 0 aliphatic heterocycles. The number of hydrogen-bond acceptors (Lipinski definition) is 4. The maximum absolute atomic E-state index is 12.6. The molecule has 0 radical (unpaired) electrons. The maximum Gasteiger partial charge on any atom is 0.228 e. The summed E-state index contributed by atoms with van der Waals surface area (Å²) in [6.45, 7) is 13.9. The number of hydrogen-bond donors (Lipinski definition) is 1. The van der Waals surface area contributed by atoms with E-state index in [1.807, 2.05) is 84.9 Å². The molecule has 2 aromatic heterocycles. The summed E-state index contributed by atoms with van der Waals surface area (Å²) in [5.74, 6) is 1.36.